The molecule has 2 aromatic carbocycles. The van der Waals surface area contributed by atoms with Gasteiger partial charge in [-0.15, -0.1) is 0 Å². The molecule has 0 spiro atoms. The molecular formula is C23H28N2O4S. The fourth-order valence-corrected chi connectivity index (χ4v) is 5.25. The van der Waals surface area contributed by atoms with Crippen LogP contribution >= 0.6 is 0 Å². The highest BCUT2D eigenvalue weighted by Gasteiger charge is 2.31. The zero-order chi connectivity index (χ0) is 22.1. The van der Waals surface area contributed by atoms with Crippen molar-refractivity contribution in [2.24, 2.45) is 0 Å². The van der Waals surface area contributed by atoms with Crippen LogP contribution in [0.2, 0.25) is 0 Å². The van der Waals surface area contributed by atoms with E-state index in [-0.39, 0.29) is 34.9 Å². The lowest BCUT2D eigenvalue weighted by Gasteiger charge is -2.22. The number of hydrogen-bond acceptors (Lipinski definition) is 4. The summed E-state index contributed by atoms with van der Waals surface area (Å²) < 4.78 is 25.6. The highest BCUT2D eigenvalue weighted by atomic mass is 32.2. The summed E-state index contributed by atoms with van der Waals surface area (Å²) >= 11 is 0. The topological polar surface area (TPSA) is 83.6 Å². The van der Waals surface area contributed by atoms with Gasteiger partial charge >= 0.3 is 0 Å². The van der Waals surface area contributed by atoms with E-state index in [0.717, 1.165) is 22.4 Å². The van der Waals surface area contributed by atoms with Crippen LogP contribution in [0.5, 0.6) is 0 Å². The molecule has 1 aliphatic heterocycles. The zero-order valence-electron chi connectivity index (χ0n) is 17.9. The molecular weight excluding hydrogens is 400 g/mol. The molecule has 2 aromatic rings. The summed E-state index contributed by atoms with van der Waals surface area (Å²) in [6, 6.07) is 10.6. The Balaban J connectivity index is 1.70. The number of nitrogens with zero attached hydrogens (tertiary/aromatic N) is 1. The van der Waals surface area contributed by atoms with Crippen LogP contribution in [0.4, 0.5) is 11.4 Å². The summed E-state index contributed by atoms with van der Waals surface area (Å²) in [6.07, 6.45) is 0.903. The summed E-state index contributed by atoms with van der Waals surface area (Å²) in [7, 11) is -3.61. The van der Waals surface area contributed by atoms with Gasteiger partial charge in [0.2, 0.25) is 11.8 Å². The maximum atomic E-state index is 12.8. The van der Waals surface area contributed by atoms with E-state index in [0.29, 0.717) is 18.5 Å². The Bertz CT molecular complexity index is 1070. The zero-order valence-corrected chi connectivity index (χ0v) is 18.7. The minimum atomic E-state index is -3.61. The molecule has 1 atom stereocenters. The van der Waals surface area contributed by atoms with Crippen LogP contribution in [-0.4, -0.2) is 32.0 Å². The van der Waals surface area contributed by atoms with Crippen LogP contribution in [0, 0.1) is 13.8 Å². The van der Waals surface area contributed by atoms with Crippen LogP contribution in [0.3, 0.4) is 0 Å². The number of aryl methyl sites for hydroxylation is 2. The number of benzene rings is 2. The van der Waals surface area contributed by atoms with Gasteiger partial charge in [0.15, 0.2) is 9.84 Å². The van der Waals surface area contributed by atoms with Crippen molar-refractivity contribution in [2.45, 2.75) is 57.9 Å². The van der Waals surface area contributed by atoms with Crippen LogP contribution in [0.15, 0.2) is 41.3 Å². The second kappa shape index (κ2) is 8.60. The van der Waals surface area contributed by atoms with Gasteiger partial charge in [-0.2, -0.15) is 0 Å². The normalized spacial score (nSPS) is 15.7. The van der Waals surface area contributed by atoms with Gasteiger partial charge in [0.1, 0.15) is 0 Å². The first-order chi connectivity index (χ1) is 14.1. The number of anilines is 2. The quantitative estimate of drug-likeness (QED) is 0.759. The first-order valence-electron chi connectivity index (χ1n) is 10.2. The molecule has 30 heavy (non-hydrogen) atoms. The smallest absolute Gasteiger partial charge is 0.226 e. The van der Waals surface area contributed by atoms with Gasteiger partial charge in [0.05, 0.1) is 10.6 Å². The largest absolute Gasteiger partial charge is 0.326 e. The number of carbonyl (C=O) groups is 2. The number of fused-ring (bicyclic) bond motifs is 1. The van der Waals surface area contributed by atoms with Crippen molar-refractivity contribution < 1.29 is 18.0 Å². The minimum Gasteiger partial charge on any atom is -0.326 e. The summed E-state index contributed by atoms with van der Waals surface area (Å²) in [5.41, 5.74) is 4.36. The Labute approximate surface area is 178 Å². The second-order valence-electron chi connectivity index (χ2n) is 7.95. The number of carbonyl (C=O) groups excluding carboxylic acids is 2. The van der Waals surface area contributed by atoms with Gasteiger partial charge in [0.25, 0.3) is 0 Å². The van der Waals surface area contributed by atoms with Crippen molar-refractivity contribution in [3.05, 3.63) is 53.1 Å². The molecule has 3 rings (SSSR count). The number of amides is 2. The standard InChI is InChI=1S/C23H28N2O4S/c1-5-23(27)25-17(4)13-18-14-20(6-7-21(18)25)30(28,29)9-8-22(26)24-19-11-15(2)10-16(3)12-19/h6-7,10-12,14,17H,5,8-9,13H2,1-4H3,(H,24,26)/t17-/m0/s1. The van der Waals surface area contributed by atoms with Gasteiger partial charge in [-0.05, 0) is 74.2 Å². The molecule has 0 aliphatic carbocycles. The molecule has 160 valence electrons. The Kier molecular flexibility index (Phi) is 6.31. The molecule has 0 radical (unpaired) electrons. The minimum absolute atomic E-state index is 0.00830. The number of hydrogen-bond donors (Lipinski definition) is 1. The molecule has 6 nitrogen and oxygen atoms in total. The lowest BCUT2D eigenvalue weighted by Crippen LogP contribution is -2.35. The van der Waals surface area contributed by atoms with Gasteiger partial charge in [-0.25, -0.2) is 8.42 Å². The predicted octanol–water partition coefficient (Wildman–Crippen LogP) is 3.79. The number of rotatable bonds is 6. The third-order valence-corrected chi connectivity index (χ3v) is 7.01. The van der Waals surface area contributed by atoms with Crippen molar-refractivity contribution >= 4 is 33.0 Å². The molecule has 0 bridgehead atoms. The Morgan fingerprint density at radius 2 is 1.77 bits per heavy atom. The molecule has 0 fully saturated rings. The first kappa shape index (κ1) is 22.0. The van der Waals surface area contributed by atoms with E-state index in [1.54, 1.807) is 17.0 Å². The molecule has 1 heterocycles. The monoisotopic (exact) mass is 428 g/mol. The average molecular weight is 429 g/mol. The van der Waals surface area contributed by atoms with Crippen molar-refractivity contribution in [3.8, 4) is 0 Å². The van der Waals surface area contributed by atoms with Crippen LogP contribution in [0.1, 0.15) is 43.4 Å². The SMILES string of the molecule is CCC(=O)N1c2ccc(S(=O)(=O)CCC(=O)Nc3cc(C)cc(C)c3)cc2C[C@@H]1C. The molecule has 0 saturated carbocycles. The predicted molar refractivity (Wildman–Crippen MR) is 119 cm³/mol. The first-order valence-corrected chi connectivity index (χ1v) is 11.8. The summed E-state index contributed by atoms with van der Waals surface area (Å²) in [4.78, 5) is 26.4. The Morgan fingerprint density at radius 3 is 2.40 bits per heavy atom. The Morgan fingerprint density at radius 1 is 1.10 bits per heavy atom. The van der Waals surface area contributed by atoms with Crippen LogP contribution in [0.25, 0.3) is 0 Å². The molecule has 1 aliphatic rings. The van der Waals surface area contributed by atoms with Crippen molar-refractivity contribution in [2.75, 3.05) is 16.0 Å². The summed E-state index contributed by atoms with van der Waals surface area (Å²) in [5.74, 6) is -0.576. The van der Waals surface area contributed by atoms with E-state index < -0.39 is 9.84 Å². The average Bonchev–Trinajstić information content (AvgIpc) is 3.00. The van der Waals surface area contributed by atoms with E-state index in [1.165, 1.54) is 6.07 Å². The molecule has 0 saturated heterocycles. The number of sulfone groups is 1. The third kappa shape index (κ3) is 4.73. The molecule has 0 aromatic heterocycles. The lowest BCUT2D eigenvalue weighted by molar-refractivity contribution is -0.118. The van der Waals surface area contributed by atoms with E-state index in [4.69, 9.17) is 0 Å². The highest BCUT2D eigenvalue weighted by molar-refractivity contribution is 7.91. The summed E-state index contributed by atoms with van der Waals surface area (Å²) in [6.45, 7) is 7.65. The maximum absolute atomic E-state index is 12.8. The van der Waals surface area contributed by atoms with Crippen LogP contribution < -0.4 is 10.2 Å². The molecule has 0 unspecified atom stereocenters. The van der Waals surface area contributed by atoms with Gasteiger partial charge in [0, 0.05) is 30.3 Å². The lowest BCUT2D eigenvalue weighted by atomic mass is 10.1. The van der Waals surface area contributed by atoms with Gasteiger partial charge < -0.3 is 10.2 Å². The van der Waals surface area contributed by atoms with Crippen molar-refractivity contribution in [1.82, 2.24) is 0 Å². The maximum Gasteiger partial charge on any atom is 0.226 e. The van der Waals surface area contributed by atoms with E-state index in [1.807, 2.05) is 45.9 Å². The van der Waals surface area contributed by atoms with Crippen LogP contribution in [-0.2, 0) is 25.8 Å². The van der Waals surface area contributed by atoms with Crippen molar-refractivity contribution in [3.63, 3.8) is 0 Å². The number of nitrogens with one attached hydrogen (secondary N) is 1. The van der Waals surface area contributed by atoms with E-state index in [2.05, 4.69) is 5.32 Å². The highest BCUT2D eigenvalue weighted by Crippen LogP contribution is 2.34. The van der Waals surface area contributed by atoms with E-state index >= 15 is 0 Å². The second-order valence-corrected chi connectivity index (χ2v) is 10.1. The van der Waals surface area contributed by atoms with Gasteiger partial charge in [-0.3, -0.25) is 9.59 Å². The fourth-order valence-electron chi connectivity index (χ4n) is 3.97. The third-order valence-electron chi connectivity index (χ3n) is 5.30. The Hall–Kier alpha value is -2.67. The van der Waals surface area contributed by atoms with Gasteiger partial charge in [-0.1, -0.05) is 13.0 Å². The summed E-state index contributed by atoms with van der Waals surface area (Å²) in [5, 5.41) is 2.77. The van der Waals surface area contributed by atoms with E-state index in [9.17, 15) is 18.0 Å². The molecule has 7 heteroatoms. The molecule has 2 amide bonds. The fraction of sp³-hybridized carbons (Fsp3) is 0.391. The molecule has 1 N–H and O–H groups in total. The van der Waals surface area contributed by atoms with Crippen molar-refractivity contribution in [1.29, 1.82) is 0 Å².